The Hall–Kier alpha value is -8.43. The van der Waals surface area contributed by atoms with Crippen LogP contribution in [0.15, 0.2) is 197 Å². The van der Waals surface area contributed by atoms with Crippen molar-refractivity contribution < 1.29 is 128 Å². The largest absolute Gasteiger partial charge is 0.502 e. The van der Waals surface area contributed by atoms with E-state index in [1.807, 2.05) is 126 Å². The van der Waals surface area contributed by atoms with Crippen molar-refractivity contribution in [1.82, 2.24) is 18.6 Å². The van der Waals surface area contributed by atoms with Gasteiger partial charge in [-0.2, -0.15) is 13.2 Å². The van der Waals surface area contributed by atoms with Crippen LogP contribution in [0.4, 0.5) is 56.1 Å². The molecule has 0 bridgehead atoms. The van der Waals surface area contributed by atoms with E-state index in [1.165, 1.54) is 31.2 Å². The third-order valence-corrected chi connectivity index (χ3v) is 24.7. The van der Waals surface area contributed by atoms with Gasteiger partial charge in [0.2, 0.25) is 20.0 Å². The maximum atomic E-state index is 13.7. The van der Waals surface area contributed by atoms with Crippen LogP contribution in [-0.2, 0) is 67.5 Å². The molecule has 24 nitrogen and oxygen atoms in total. The zero-order valence-electron chi connectivity index (χ0n) is 64.0. The number of nitro groups is 1. The van der Waals surface area contributed by atoms with Crippen LogP contribution in [0, 0.1) is 73.6 Å². The number of nitrogens with zero attached hydrogens (tertiary/aromatic N) is 7. The quantitative estimate of drug-likeness (QED) is 0.0276. The molecule has 0 atom stereocenters. The van der Waals surface area contributed by atoms with Crippen molar-refractivity contribution in [1.29, 1.82) is 0 Å². The minimum atomic E-state index is -5.99. The van der Waals surface area contributed by atoms with Crippen LogP contribution >= 0.6 is 33.9 Å². The summed E-state index contributed by atoms with van der Waals surface area (Å²) < 4.78 is 193. The number of aromatic nitrogens is 2. The summed E-state index contributed by atoms with van der Waals surface area (Å²) in [5, 5.41) is 12.2. The Morgan fingerprint density at radius 3 is 1.21 bits per heavy atom. The monoisotopic (exact) mass is 2030 g/mol. The predicted octanol–water partition coefficient (Wildman–Crippen LogP) is 16.0. The first kappa shape index (κ1) is 94.1. The second-order valence-corrected chi connectivity index (χ2v) is 38.1. The van der Waals surface area contributed by atoms with Gasteiger partial charge in [0.25, 0.3) is 46.4 Å². The minimum absolute atomic E-state index is 0. The van der Waals surface area contributed by atoms with Crippen molar-refractivity contribution in [2.75, 3.05) is 89.2 Å². The van der Waals surface area contributed by atoms with Crippen molar-refractivity contribution in [3.63, 3.8) is 0 Å². The topological polar surface area (TPSA) is 307 Å². The normalized spacial score (nSPS) is 13.5. The van der Waals surface area contributed by atoms with Crippen LogP contribution in [0.25, 0.3) is 44.8 Å². The fourth-order valence-electron chi connectivity index (χ4n) is 13.7. The third kappa shape index (κ3) is 22.4. The summed E-state index contributed by atoms with van der Waals surface area (Å²) in [5.41, 5.74) is 6.74. The molecule has 4 heterocycles. The zero-order valence-corrected chi connectivity index (χ0v) is 75.9. The third-order valence-electron chi connectivity index (χ3n) is 18.9. The van der Waals surface area contributed by atoms with Crippen LogP contribution in [0.5, 0.6) is 0 Å². The number of benzene rings is 8. The van der Waals surface area contributed by atoms with E-state index in [4.69, 9.17) is 33.9 Å². The molecule has 0 unspecified atom stereocenters. The average Bonchev–Trinajstić information content (AvgIpc) is 1.61. The molecular formula is C78H78Cl3F5N10O14S5UV. The SMILES string of the molecule is Cc1c(C(=O)NS(C)(=O)=O)c(-c2cccc(N3CCN(c4ccc([N+](=O)[O-])cc4)CC3)c2)c(-c2ccc(Cl)cc2)n1C(C)C.Cc1cc(S(=O)(=O)Nc2ccc(N3CCN(c4cccc(-c5c(C(=O)NS(C)(=O)=O)c(C)n(C(C)C)c5-c5ccc(Cl)cc5)c4)CC3)cc2)ccc1F.O=S(=O)(Cl)c1ccc(F)c(S(=O)(=O)C(F)(F)F)c1.[U].[V]. The summed E-state index contributed by atoms with van der Waals surface area (Å²) >= 11 is 12.5. The number of alkyl halides is 3. The molecule has 117 heavy (non-hydrogen) atoms. The molecule has 0 spiro atoms. The molecule has 2 fully saturated rings. The van der Waals surface area contributed by atoms with Gasteiger partial charge >= 0.3 is 5.51 Å². The number of sulfone groups is 1. The molecule has 10 aromatic rings. The van der Waals surface area contributed by atoms with Gasteiger partial charge in [-0.1, -0.05) is 71.7 Å². The summed E-state index contributed by atoms with van der Waals surface area (Å²) in [4.78, 5) is 44.1. The van der Waals surface area contributed by atoms with Gasteiger partial charge in [0.1, 0.15) is 16.5 Å². The predicted molar refractivity (Wildman–Crippen MR) is 439 cm³/mol. The second kappa shape index (κ2) is 37.9. The maximum Gasteiger partial charge on any atom is 0.502 e. The molecule has 2 aliphatic heterocycles. The summed E-state index contributed by atoms with van der Waals surface area (Å²) in [5.74, 6) is -3.57. The molecule has 2 saturated heterocycles. The van der Waals surface area contributed by atoms with Gasteiger partial charge in [-0.15, -0.1) is 0 Å². The Morgan fingerprint density at radius 1 is 0.487 bits per heavy atom. The van der Waals surface area contributed by atoms with E-state index in [9.17, 15) is 83.7 Å². The van der Waals surface area contributed by atoms with E-state index in [1.54, 1.807) is 48.5 Å². The summed E-state index contributed by atoms with van der Waals surface area (Å²) in [6.07, 6.45) is 1.93. The molecule has 8 aromatic carbocycles. The zero-order chi connectivity index (χ0) is 84.4. The van der Waals surface area contributed by atoms with Crippen LogP contribution in [0.1, 0.15) is 77.4 Å². The fraction of sp³-hybridized carbons (Fsp3) is 0.256. The van der Waals surface area contributed by atoms with Crippen LogP contribution in [-0.4, -0.2) is 138 Å². The van der Waals surface area contributed by atoms with E-state index < -0.39 is 92.6 Å². The van der Waals surface area contributed by atoms with Crippen molar-refractivity contribution in [2.24, 2.45) is 0 Å². The van der Waals surface area contributed by atoms with Gasteiger partial charge < -0.3 is 28.7 Å². The van der Waals surface area contributed by atoms with Crippen LogP contribution in [0.3, 0.4) is 0 Å². The number of nitrogens with one attached hydrogen (secondary N) is 3. The van der Waals surface area contributed by atoms with Crippen molar-refractivity contribution in [3.05, 3.63) is 242 Å². The van der Waals surface area contributed by atoms with Crippen molar-refractivity contribution >= 4 is 129 Å². The number of piperazine rings is 2. The minimum Gasteiger partial charge on any atom is -0.368 e. The van der Waals surface area contributed by atoms with Crippen LogP contribution < -0.4 is 33.8 Å². The molecule has 2 aromatic heterocycles. The number of sulfonamides is 3. The number of aryl methyl sites for hydroxylation is 1. The number of anilines is 5. The number of non-ortho nitro benzene ring substituents is 1. The van der Waals surface area contributed by atoms with E-state index in [-0.39, 0.29) is 95.6 Å². The summed E-state index contributed by atoms with van der Waals surface area (Å²) in [6.45, 7) is 18.9. The molecule has 0 aliphatic carbocycles. The first-order valence-corrected chi connectivity index (χ1v) is 45.0. The number of nitro benzene ring substituents is 1. The number of hydrogen-bond acceptors (Lipinski definition) is 18. The second-order valence-electron chi connectivity index (χ2n) is 27.6. The smallest absolute Gasteiger partial charge is 0.368 e. The number of hydrogen-bond donors (Lipinski definition) is 3. The fourth-order valence-corrected chi connectivity index (χ4v) is 17.7. The molecule has 1 radical (unpaired) electrons. The van der Waals surface area contributed by atoms with E-state index in [2.05, 4.69) is 42.9 Å². The van der Waals surface area contributed by atoms with Crippen LogP contribution in [0.2, 0.25) is 10.0 Å². The van der Waals surface area contributed by atoms with Gasteiger partial charge in [0.05, 0.1) is 49.7 Å². The molecule has 2 amide bonds. The Bertz CT molecular complexity index is 5990. The molecular weight excluding hydrogens is 1950 g/mol. The Balaban J connectivity index is 0.000000241. The first-order chi connectivity index (χ1) is 53.7. The molecule has 0 saturated carbocycles. The Labute approximate surface area is 725 Å². The van der Waals surface area contributed by atoms with Gasteiger partial charge in [0, 0.05) is 198 Å². The number of carbonyl (C=O) groups excluding carboxylic acids is 2. The number of rotatable bonds is 20. The summed E-state index contributed by atoms with van der Waals surface area (Å²) in [6, 6.07) is 48.8. The van der Waals surface area contributed by atoms with Gasteiger partial charge in [-0.25, -0.2) is 60.3 Å². The molecule has 12 rings (SSSR count). The first-order valence-electron chi connectivity index (χ1n) is 35.2. The van der Waals surface area contributed by atoms with Gasteiger partial charge in [-0.3, -0.25) is 24.4 Å². The van der Waals surface area contributed by atoms with E-state index in [0.717, 1.165) is 101 Å². The number of carbonyl (C=O) groups is 2. The molecule has 619 valence electrons. The van der Waals surface area contributed by atoms with E-state index in [0.29, 0.717) is 76.1 Å². The Kier molecular flexibility index (Phi) is 30.5. The maximum absolute atomic E-state index is 13.7. The Morgan fingerprint density at radius 2 is 0.855 bits per heavy atom. The standard InChI is InChI=1S/C39H41ClFN5O5S2.C32H34ClN5O5S.C7H3ClF4O4S2.U.V/c1-25(2)46-27(4)36(39(47)43-52(5,48)49)37(38(46)28-9-11-30(40)12-10-28)29-7-6-8-33(24-29)45-21-19-44(20-22-45)32-15-13-31(14-16-32)42-53(50,51)34-17-18-35(41)26(3)23-34;1-21(2)37-22(3)29(32(39)34-44(4,42)43)30(31(37)23-8-10-25(33)11-9-23)24-6-5-7-28(20-24)36-18-16-35(17-19-36)26-12-14-27(15-13-26)38(40)41;8-18(15,16)4-1-2-5(9)6(3-4)17(13,14)7(10,11)12;;/h6-18,23-25,42H,19-22H2,1-5H3,(H,43,47);5-15,20-21H,16-19H2,1-4H3,(H,34,39);1-3H;;. The average molecular weight is 2030 g/mol. The number of amides is 2. The van der Waals surface area contributed by atoms with Crippen molar-refractivity contribution in [2.45, 2.75) is 80.7 Å². The van der Waals surface area contributed by atoms with Gasteiger partial charge in [-0.05, 0) is 198 Å². The molecule has 39 heteroatoms. The molecule has 3 N–H and O–H groups in total. The summed E-state index contributed by atoms with van der Waals surface area (Å²) in [7, 11) is -17.2. The van der Waals surface area contributed by atoms with E-state index >= 15 is 0 Å². The van der Waals surface area contributed by atoms with Gasteiger partial charge in [0.15, 0.2) is 0 Å². The molecule has 2 aliphatic rings. The van der Waals surface area contributed by atoms with Crippen molar-refractivity contribution in [3.8, 4) is 44.8 Å². The number of halogens is 8.